The van der Waals surface area contributed by atoms with Gasteiger partial charge in [0.15, 0.2) is 5.82 Å². The summed E-state index contributed by atoms with van der Waals surface area (Å²) in [6.07, 6.45) is 1.50. The summed E-state index contributed by atoms with van der Waals surface area (Å²) in [6.45, 7) is 4.65. The Bertz CT molecular complexity index is 1470. The first-order valence-corrected chi connectivity index (χ1v) is 13.5. The van der Waals surface area contributed by atoms with Crippen LogP contribution in [0.5, 0.6) is 5.75 Å². The molecule has 3 aliphatic rings. The lowest BCUT2D eigenvalue weighted by atomic mass is 10.1. The summed E-state index contributed by atoms with van der Waals surface area (Å²) >= 11 is 19.6. The standard InChI is InChI=1S/C26H25Cl3N8O2/c1-34-8-10-35(11-9-34)22-19(29)12-15(13-20(22)39-2)32-25-31-14-16-23(33-25)36-7-6-30-26(36)37(24(16)38)21-17(27)4-3-5-18(21)28/h3-5,12-14H,6-11H2,1-2H3,(H,31,32,33). The van der Waals surface area contributed by atoms with Crippen molar-refractivity contribution < 1.29 is 9.53 Å². The lowest BCUT2D eigenvalue weighted by Crippen LogP contribution is -2.51. The molecule has 1 aromatic heterocycles. The van der Waals surface area contributed by atoms with E-state index in [1.807, 2.05) is 17.0 Å². The van der Waals surface area contributed by atoms with Crippen LogP contribution in [0.2, 0.25) is 15.1 Å². The Hall–Kier alpha value is -3.31. The third-order valence-corrected chi connectivity index (χ3v) is 7.86. The van der Waals surface area contributed by atoms with Crippen molar-refractivity contribution in [2.75, 3.05) is 73.4 Å². The van der Waals surface area contributed by atoms with Crippen LogP contribution in [0, 0.1) is 0 Å². The van der Waals surface area contributed by atoms with Gasteiger partial charge in [-0.15, -0.1) is 0 Å². The van der Waals surface area contributed by atoms with Gasteiger partial charge in [0.05, 0.1) is 40.1 Å². The van der Waals surface area contributed by atoms with Gasteiger partial charge in [-0.05, 0) is 25.2 Å². The zero-order chi connectivity index (χ0) is 27.3. The number of benzene rings is 2. The molecule has 1 amide bonds. The first-order chi connectivity index (χ1) is 18.9. The molecule has 1 saturated heterocycles. The highest BCUT2D eigenvalue weighted by Gasteiger charge is 2.41. The number of anilines is 5. The SMILES string of the molecule is COc1cc(Nc2ncc3c(n2)N2CCN=C2N(c2c(Cl)cccc2Cl)C3=O)cc(Cl)c1N1CCN(C)CC1. The van der Waals surface area contributed by atoms with Crippen molar-refractivity contribution in [1.29, 1.82) is 0 Å². The number of halogens is 3. The number of piperazine rings is 1. The Morgan fingerprint density at radius 1 is 0.974 bits per heavy atom. The maximum Gasteiger partial charge on any atom is 0.270 e. The average molecular weight is 588 g/mol. The van der Waals surface area contributed by atoms with E-state index in [-0.39, 0.29) is 5.91 Å². The number of rotatable bonds is 5. The number of carbonyl (C=O) groups excluding carboxylic acids is 1. The van der Waals surface area contributed by atoms with Crippen molar-refractivity contribution in [2.24, 2.45) is 4.99 Å². The molecule has 0 atom stereocenters. The number of guanidine groups is 1. The van der Waals surface area contributed by atoms with Crippen LogP contribution in [-0.4, -0.2) is 80.2 Å². The Labute approximate surface area is 240 Å². The van der Waals surface area contributed by atoms with Gasteiger partial charge in [0, 0.05) is 50.7 Å². The zero-order valence-electron chi connectivity index (χ0n) is 21.3. The number of methoxy groups -OCH3 is 1. The van der Waals surface area contributed by atoms with Gasteiger partial charge in [-0.1, -0.05) is 40.9 Å². The first kappa shape index (κ1) is 25.9. The molecular weight excluding hydrogens is 563 g/mol. The van der Waals surface area contributed by atoms with Crippen LogP contribution in [0.15, 0.2) is 41.5 Å². The average Bonchev–Trinajstić information content (AvgIpc) is 3.40. The van der Waals surface area contributed by atoms with E-state index in [4.69, 9.17) is 39.5 Å². The predicted molar refractivity (Wildman–Crippen MR) is 156 cm³/mol. The minimum absolute atomic E-state index is 0.308. The van der Waals surface area contributed by atoms with Gasteiger partial charge in [0.2, 0.25) is 11.9 Å². The number of aromatic nitrogens is 2. The van der Waals surface area contributed by atoms with Gasteiger partial charge in [0.25, 0.3) is 5.91 Å². The van der Waals surface area contributed by atoms with E-state index >= 15 is 0 Å². The fourth-order valence-corrected chi connectivity index (χ4v) is 5.90. The Balaban J connectivity index is 1.32. The van der Waals surface area contributed by atoms with Crippen molar-refractivity contribution in [2.45, 2.75) is 0 Å². The van der Waals surface area contributed by atoms with Gasteiger partial charge in [-0.3, -0.25) is 14.7 Å². The molecule has 202 valence electrons. The molecule has 0 aliphatic carbocycles. The number of hydrogen-bond donors (Lipinski definition) is 1. The van der Waals surface area contributed by atoms with E-state index in [1.165, 1.54) is 11.1 Å². The Morgan fingerprint density at radius 3 is 2.44 bits per heavy atom. The summed E-state index contributed by atoms with van der Waals surface area (Å²) in [5.74, 6) is 1.49. The molecule has 13 heteroatoms. The monoisotopic (exact) mass is 586 g/mol. The van der Waals surface area contributed by atoms with Gasteiger partial charge < -0.3 is 19.9 Å². The zero-order valence-corrected chi connectivity index (χ0v) is 23.6. The normalized spacial score (nSPS) is 17.2. The molecule has 0 saturated carbocycles. The molecule has 0 unspecified atom stereocenters. The molecule has 1 N–H and O–H groups in total. The van der Waals surface area contributed by atoms with Crippen LogP contribution in [0.25, 0.3) is 0 Å². The van der Waals surface area contributed by atoms with Crippen molar-refractivity contribution in [3.63, 3.8) is 0 Å². The summed E-state index contributed by atoms with van der Waals surface area (Å²) in [4.78, 5) is 35.1. The molecule has 0 radical (unpaired) electrons. The van der Waals surface area contributed by atoms with E-state index in [0.29, 0.717) is 68.6 Å². The van der Waals surface area contributed by atoms with E-state index < -0.39 is 0 Å². The third-order valence-electron chi connectivity index (χ3n) is 6.96. The summed E-state index contributed by atoms with van der Waals surface area (Å²) in [7, 11) is 3.73. The van der Waals surface area contributed by atoms with Crippen molar-refractivity contribution in [3.05, 3.63) is 57.2 Å². The second-order valence-electron chi connectivity index (χ2n) is 9.40. The molecule has 10 nitrogen and oxygen atoms in total. The number of nitrogens with zero attached hydrogens (tertiary/aromatic N) is 7. The lowest BCUT2D eigenvalue weighted by molar-refractivity contribution is 0.1000. The second-order valence-corrected chi connectivity index (χ2v) is 10.6. The van der Waals surface area contributed by atoms with Crippen LogP contribution in [0.4, 0.5) is 28.8 Å². The van der Waals surface area contributed by atoms with E-state index in [9.17, 15) is 4.79 Å². The third kappa shape index (κ3) is 4.61. The molecule has 1 fully saturated rings. The maximum absolute atomic E-state index is 13.6. The summed E-state index contributed by atoms with van der Waals surface area (Å²) in [5, 5.41) is 4.47. The van der Waals surface area contributed by atoms with Crippen LogP contribution < -0.4 is 24.8 Å². The first-order valence-electron chi connectivity index (χ1n) is 12.4. The number of likely N-dealkylation sites (N-methyl/N-ethyl adjacent to an activating group) is 1. The summed E-state index contributed by atoms with van der Waals surface area (Å²) in [5.41, 5.74) is 2.23. The van der Waals surface area contributed by atoms with E-state index in [0.717, 1.165) is 31.9 Å². The molecule has 3 aliphatic heterocycles. The highest BCUT2D eigenvalue weighted by molar-refractivity contribution is 6.43. The molecule has 0 spiro atoms. The molecule has 2 aromatic carbocycles. The van der Waals surface area contributed by atoms with Crippen LogP contribution in [0.3, 0.4) is 0 Å². The minimum atomic E-state index is -0.357. The Morgan fingerprint density at radius 2 is 1.72 bits per heavy atom. The maximum atomic E-state index is 13.6. The quantitative estimate of drug-likeness (QED) is 0.456. The number of carbonyl (C=O) groups is 1. The second kappa shape index (κ2) is 10.3. The molecule has 0 bridgehead atoms. The highest BCUT2D eigenvalue weighted by atomic mass is 35.5. The van der Waals surface area contributed by atoms with Gasteiger partial charge in [0.1, 0.15) is 11.3 Å². The topological polar surface area (TPSA) is 89.4 Å². The van der Waals surface area contributed by atoms with Gasteiger partial charge in [-0.25, -0.2) is 9.88 Å². The molecule has 4 heterocycles. The van der Waals surface area contributed by atoms with Crippen molar-refractivity contribution in [1.82, 2.24) is 14.9 Å². The fourth-order valence-electron chi connectivity index (χ4n) is 5.00. The number of para-hydroxylation sites is 1. The largest absolute Gasteiger partial charge is 0.494 e. The smallest absolute Gasteiger partial charge is 0.270 e. The molecule has 6 rings (SSSR count). The number of aliphatic imine (C=N–C) groups is 1. The van der Waals surface area contributed by atoms with Crippen LogP contribution in [0.1, 0.15) is 10.4 Å². The van der Waals surface area contributed by atoms with Gasteiger partial charge >= 0.3 is 0 Å². The fraction of sp³-hybridized carbons (Fsp3) is 0.308. The summed E-state index contributed by atoms with van der Waals surface area (Å²) in [6, 6.07) is 8.80. The number of amides is 1. The van der Waals surface area contributed by atoms with Crippen molar-refractivity contribution >= 4 is 75.5 Å². The molecular formula is C26H25Cl3N8O2. The van der Waals surface area contributed by atoms with Crippen molar-refractivity contribution in [3.8, 4) is 5.75 Å². The van der Waals surface area contributed by atoms with E-state index in [1.54, 1.807) is 25.3 Å². The minimum Gasteiger partial charge on any atom is -0.494 e. The highest BCUT2D eigenvalue weighted by Crippen LogP contribution is 2.41. The van der Waals surface area contributed by atoms with Gasteiger partial charge in [-0.2, -0.15) is 4.98 Å². The van der Waals surface area contributed by atoms with E-state index in [2.05, 4.69) is 37.1 Å². The molecule has 3 aromatic rings. The Kier molecular flexibility index (Phi) is 6.88. The number of hydrogen-bond acceptors (Lipinski definition) is 9. The molecule has 39 heavy (non-hydrogen) atoms. The number of fused-ring (bicyclic) bond motifs is 3. The van der Waals surface area contributed by atoms with Crippen LogP contribution in [-0.2, 0) is 0 Å². The van der Waals surface area contributed by atoms with Crippen LogP contribution >= 0.6 is 34.8 Å². The summed E-state index contributed by atoms with van der Waals surface area (Å²) < 4.78 is 5.70. The number of ether oxygens (including phenoxy) is 1. The lowest BCUT2D eigenvalue weighted by Gasteiger charge is -2.35. The predicted octanol–water partition coefficient (Wildman–Crippen LogP) is 4.78. The number of nitrogens with one attached hydrogen (secondary N) is 1.